The molecule has 1 aromatic heterocycles. The van der Waals surface area contributed by atoms with E-state index in [9.17, 15) is 5.11 Å². The Hall–Kier alpha value is -1.09. The molecule has 0 aliphatic rings. The van der Waals surface area contributed by atoms with Crippen LogP contribution in [0.5, 0.6) is 5.75 Å². The predicted octanol–water partition coefficient (Wildman–Crippen LogP) is 4.07. The van der Waals surface area contributed by atoms with Gasteiger partial charge < -0.3 is 9.84 Å². The zero-order valence-corrected chi connectivity index (χ0v) is 14.7. The summed E-state index contributed by atoms with van der Waals surface area (Å²) in [5.41, 5.74) is 3.32. The van der Waals surface area contributed by atoms with Crippen LogP contribution in [0.1, 0.15) is 57.4 Å². The normalized spacial score (nSPS) is 14.9. The number of aliphatic hydroxyl groups is 1. The Kier molecular flexibility index (Phi) is 6.21. The number of aryl methyl sites for hydroxylation is 1. The van der Waals surface area contributed by atoms with E-state index in [1.165, 1.54) is 0 Å². The Morgan fingerprint density at radius 1 is 1.29 bits per heavy atom. The molecule has 0 aliphatic heterocycles. The molecule has 3 nitrogen and oxygen atoms in total. The van der Waals surface area contributed by atoms with Crippen molar-refractivity contribution < 1.29 is 9.84 Å². The second kappa shape index (κ2) is 7.26. The summed E-state index contributed by atoms with van der Waals surface area (Å²) in [7, 11) is 1.68. The van der Waals surface area contributed by atoms with E-state index in [0.717, 1.165) is 35.4 Å². The topological polar surface area (TPSA) is 42.4 Å². The Bertz CT molecular complexity index is 463. The number of aromatic nitrogens is 1. The lowest BCUT2D eigenvalue weighted by Crippen LogP contribution is -2.19. The van der Waals surface area contributed by atoms with Crippen LogP contribution in [0.3, 0.4) is 0 Å². The van der Waals surface area contributed by atoms with Gasteiger partial charge in [-0.1, -0.05) is 27.7 Å². The van der Waals surface area contributed by atoms with E-state index in [4.69, 9.17) is 4.74 Å². The van der Waals surface area contributed by atoms with Crippen LogP contribution in [-0.2, 0) is 6.42 Å². The van der Waals surface area contributed by atoms with Gasteiger partial charge >= 0.3 is 0 Å². The van der Waals surface area contributed by atoms with Gasteiger partial charge in [0.25, 0.3) is 0 Å². The summed E-state index contributed by atoms with van der Waals surface area (Å²) in [4.78, 5) is 4.47. The van der Waals surface area contributed by atoms with Gasteiger partial charge in [-0.05, 0) is 38.0 Å². The lowest BCUT2D eigenvalue weighted by atomic mass is 9.83. The molecule has 21 heavy (non-hydrogen) atoms. The third kappa shape index (κ3) is 5.66. The first-order chi connectivity index (χ1) is 9.64. The average molecular weight is 293 g/mol. The molecular formula is C18H31NO2. The van der Waals surface area contributed by atoms with E-state index < -0.39 is 0 Å². The maximum atomic E-state index is 10.3. The van der Waals surface area contributed by atoms with Gasteiger partial charge in [0.1, 0.15) is 5.75 Å². The van der Waals surface area contributed by atoms with Crippen molar-refractivity contribution in [2.45, 2.75) is 66.9 Å². The minimum Gasteiger partial charge on any atom is -0.496 e. The summed E-state index contributed by atoms with van der Waals surface area (Å²) in [6.45, 7) is 12.9. The summed E-state index contributed by atoms with van der Waals surface area (Å²) in [6, 6.07) is 0. The Morgan fingerprint density at radius 2 is 1.90 bits per heavy atom. The fourth-order valence-electron chi connectivity index (χ4n) is 3.18. The molecule has 3 heteroatoms. The Morgan fingerprint density at radius 3 is 2.43 bits per heavy atom. The predicted molar refractivity (Wildman–Crippen MR) is 87.8 cm³/mol. The molecule has 0 aromatic carbocycles. The van der Waals surface area contributed by atoms with Crippen LogP contribution < -0.4 is 4.74 Å². The SMILES string of the molecule is COc1c(C)cnc(CC(O)CC(C)CC(C)(C)C)c1C. The van der Waals surface area contributed by atoms with E-state index >= 15 is 0 Å². The molecule has 0 saturated heterocycles. The number of hydrogen-bond acceptors (Lipinski definition) is 3. The molecule has 0 aliphatic carbocycles. The van der Waals surface area contributed by atoms with Crippen LogP contribution in [0.2, 0.25) is 0 Å². The highest BCUT2D eigenvalue weighted by molar-refractivity contribution is 5.41. The molecule has 0 saturated carbocycles. The van der Waals surface area contributed by atoms with Gasteiger partial charge in [-0.2, -0.15) is 0 Å². The molecule has 0 fully saturated rings. The van der Waals surface area contributed by atoms with Gasteiger partial charge in [-0.15, -0.1) is 0 Å². The smallest absolute Gasteiger partial charge is 0.128 e. The van der Waals surface area contributed by atoms with Crippen molar-refractivity contribution in [2.24, 2.45) is 11.3 Å². The fourth-order valence-corrected chi connectivity index (χ4v) is 3.18. The summed E-state index contributed by atoms with van der Waals surface area (Å²) in [6.07, 6.45) is 4.01. The van der Waals surface area contributed by atoms with Crippen molar-refractivity contribution in [2.75, 3.05) is 7.11 Å². The molecule has 2 atom stereocenters. The van der Waals surface area contributed by atoms with E-state index in [1.807, 2.05) is 20.0 Å². The zero-order valence-electron chi connectivity index (χ0n) is 14.7. The van der Waals surface area contributed by atoms with Crippen LogP contribution in [0.25, 0.3) is 0 Å². The number of methoxy groups -OCH3 is 1. The first-order valence-corrected chi connectivity index (χ1v) is 7.81. The fraction of sp³-hybridized carbons (Fsp3) is 0.722. The molecule has 0 spiro atoms. The van der Waals surface area contributed by atoms with Crippen molar-refractivity contribution in [3.63, 3.8) is 0 Å². The van der Waals surface area contributed by atoms with E-state index in [1.54, 1.807) is 7.11 Å². The highest BCUT2D eigenvalue weighted by Crippen LogP contribution is 2.28. The number of hydrogen-bond donors (Lipinski definition) is 1. The molecule has 2 unspecified atom stereocenters. The molecule has 0 amide bonds. The van der Waals surface area contributed by atoms with Crippen LogP contribution in [0.4, 0.5) is 0 Å². The molecule has 1 heterocycles. The van der Waals surface area contributed by atoms with Crippen molar-refractivity contribution in [1.82, 2.24) is 4.98 Å². The monoisotopic (exact) mass is 293 g/mol. The van der Waals surface area contributed by atoms with Crippen molar-refractivity contribution >= 4 is 0 Å². The molecule has 0 bridgehead atoms. The van der Waals surface area contributed by atoms with Gasteiger partial charge in [0, 0.05) is 29.4 Å². The van der Waals surface area contributed by atoms with Crippen molar-refractivity contribution in [3.05, 3.63) is 23.0 Å². The molecule has 1 aromatic rings. The summed E-state index contributed by atoms with van der Waals surface area (Å²) in [5.74, 6) is 1.39. The number of ether oxygens (including phenoxy) is 1. The van der Waals surface area contributed by atoms with E-state index in [2.05, 4.69) is 32.7 Å². The third-order valence-electron chi connectivity index (χ3n) is 3.81. The average Bonchev–Trinajstić information content (AvgIpc) is 2.31. The van der Waals surface area contributed by atoms with Gasteiger partial charge in [-0.25, -0.2) is 0 Å². The van der Waals surface area contributed by atoms with Crippen LogP contribution in [0.15, 0.2) is 6.20 Å². The largest absolute Gasteiger partial charge is 0.496 e. The number of pyridine rings is 1. The highest BCUT2D eigenvalue weighted by atomic mass is 16.5. The molecule has 1 N–H and O–H groups in total. The number of rotatable bonds is 6. The zero-order chi connectivity index (χ0) is 16.2. The van der Waals surface area contributed by atoms with Crippen LogP contribution in [-0.4, -0.2) is 23.3 Å². The van der Waals surface area contributed by atoms with Crippen LogP contribution in [0, 0.1) is 25.2 Å². The first-order valence-electron chi connectivity index (χ1n) is 7.81. The molecule has 120 valence electrons. The maximum absolute atomic E-state index is 10.3. The van der Waals surface area contributed by atoms with Crippen molar-refractivity contribution in [1.29, 1.82) is 0 Å². The lowest BCUT2D eigenvalue weighted by Gasteiger charge is -2.25. The minimum absolute atomic E-state index is 0.306. The summed E-state index contributed by atoms with van der Waals surface area (Å²) >= 11 is 0. The summed E-state index contributed by atoms with van der Waals surface area (Å²) < 4.78 is 5.42. The maximum Gasteiger partial charge on any atom is 0.128 e. The van der Waals surface area contributed by atoms with Gasteiger partial charge in [0.05, 0.1) is 13.2 Å². The highest BCUT2D eigenvalue weighted by Gasteiger charge is 2.19. The van der Waals surface area contributed by atoms with E-state index in [0.29, 0.717) is 17.8 Å². The van der Waals surface area contributed by atoms with E-state index in [-0.39, 0.29) is 6.10 Å². The Labute approximate surface area is 129 Å². The van der Waals surface area contributed by atoms with Crippen LogP contribution >= 0.6 is 0 Å². The van der Waals surface area contributed by atoms with Gasteiger partial charge in [-0.3, -0.25) is 4.98 Å². The Balaban J connectivity index is 2.69. The van der Waals surface area contributed by atoms with Gasteiger partial charge in [0.2, 0.25) is 0 Å². The molecular weight excluding hydrogens is 262 g/mol. The number of nitrogens with zero attached hydrogens (tertiary/aromatic N) is 1. The minimum atomic E-state index is -0.346. The first kappa shape index (κ1) is 18.0. The summed E-state index contributed by atoms with van der Waals surface area (Å²) in [5, 5.41) is 10.3. The molecule has 1 rings (SSSR count). The lowest BCUT2D eigenvalue weighted by molar-refractivity contribution is 0.131. The second-order valence-electron chi connectivity index (χ2n) is 7.51. The third-order valence-corrected chi connectivity index (χ3v) is 3.81. The number of aliphatic hydroxyl groups excluding tert-OH is 1. The second-order valence-corrected chi connectivity index (χ2v) is 7.51. The molecule has 0 radical (unpaired) electrons. The van der Waals surface area contributed by atoms with Gasteiger partial charge in [0.15, 0.2) is 0 Å². The quantitative estimate of drug-likeness (QED) is 0.859. The van der Waals surface area contributed by atoms with Crippen molar-refractivity contribution in [3.8, 4) is 5.75 Å². The standard InChI is InChI=1S/C18H31NO2/c1-12(10-18(4,5)6)8-15(20)9-16-14(3)17(21-7)13(2)11-19-16/h11-12,15,20H,8-10H2,1-7H3.